The second-order valence-electron chi connectivity index (χ2n) is 6.47. The molecule has 0 radical (unpaired) electrons. The highest BCUT2D eigenvalue weighted by atomic mass is 79.9. The van der Waals surface area contributed by atoms with E-state index in [1.54, 1.807) is 18.2 Å². The number of phenolic OH excluding ortho intramolecular Hbond substituents is 1. The number of nitrogens with one attached hydrogen (secondary N) is 1. The molecule has 1 amide bonds. The second kappa shape index (κ2) is 4.72. The van der Waals surface area contributed by atoms with Crippen LogP contribution in [0.4, 0.5) is 5.69 Å². The Morgan fingerprint density at radius 1 is 1.41 bits per heavy atom. The van der Waals surface area contributed by atoms with Gasteiger partial charge in [0, 0.05) is 5.92 Å². The molecule has 6 atom stereocenters. The van der Waals surface area contributed by atoms with Gasteiger partial charge in [-0.05, 0) is 37.0 Å². The Balaban J connectivity index is 1.61. The quantitative estimate of drug-likeness (QED) is 0.478. The molecule has 0 aromatic heterocycles. The lowest BCUT2D eigenvalue weighted by atomic mass is 9.79. The number of halogens is 1. The van der Waals surface area contributed by atoms with Crippen molar-refractivity contribution in [1.29, 1.82) is 0 Å². The van der Waals surface area contributed by atoms with Gasteiger partial charge in [-0.1, -0.05) is 22.0 Å². The number of phenols is 1. The van der Waals surface area contributed by atoms with Crippen molar-refractivity contribution in [2.75, 3.05) is 5.32 Å². The predicted molar refractivity (Wildman–Crippen MR) is 82.6 cm³/mol. The van der Waals surface area contributed by atoms with Crippen molar-refractivity contribution >= 4 is 33.5 Å². The van der Waals surface area contributed by atoms with E-state index < -0.39 is 0 Å². The molecule has 0 spiro atoms. The molecule has 6 heteroatoms. The average molecular weight is 366 g/mol. The van der Waals surface area contributed by atoms with Crippen LogP contribution in [0.2, 0.25) is 0 Å². The molecule has 116 valence electrons. The van der Waals surface area contributed by atoms with Crippen molar-refractivity contribution in [1.82, 2.24) is 0 Å². The van der Waals surface area contributed by atoms with Gasteiger partial charge in [-0.15, -0.1) is 0 Å². The summed E-state index contributed by atoms with van der Waals surface area (Å²) in [6.07, 6.45) is 0.758. The molecule has 5 nitrogen and oxygen atoms in total. The lowest BCUT2D eigenvalue weighted by Gasteiger charge is -2.27. The van der Waals surface area contributed by atoms with E-state index in [4.69, 9.17) is 4.74 Å². The van der Waals surface area contributed by atoms with E-state index in [0.717, 1.165) is 12.0 Å². The van der Waals surface area contributed by atoms with Gasteiger partial charge in [0.2, 0.25) is 5.91 Å². The number of carbonyl (C=O) groups excluding carboxylic acids is 2. The Hall–Kier alpha value is -1.56. The molecule has 1 aromatic carbocycles. The SMILES string of the molecule is Cc1ccc(O)c(NC(=O)[C@@H]2[C@H]3C[C@H]4[C@H](OC(=O)[C@@H]42)[C@@H]3Br)c1. The number of carbonyl (C=O) groups is 2. The van der Waals surface area contributed by atoms with Crippen molar-refractivity contribution in [3.63, 3.8) is 0 Å². The van der Waals surface area contributed by atoms with Gasteiger partial charge in [0.05, 0.1) is 22.4 Å². The van der Waals surface area contributed by atoms with Gasteiger partial charge in [-0.3, -0.25) is 9.59 Å². The summed E-state index contributed by atoms with van der Waals surface area (Å²) < 4.78 is 5.41. The lowest BCUT2D eigenvalue weighted by molar-refractivity contribution is -0.145. The number of aromatic hydroxyl groups is 1. The summed E-state index contributed by atoms with van der Waals surface area (Å²) in [7, 11) is 0. The molecular weight excluding hydrogens is 350 g/mol. The summed E-state index contributed by atoms with van der Waals surface area (Å²) in [6, 6.07) is 5.05. The van der Waals surface area contributed by atoms with Crippen LogP contribution in [0.5, 0.6) is 5.75 Å². The van der Waals surface area contributed by atoms with Crippen molar-refractivity contribution < 1.29 is 19.4 Å². The van der Waals surface area contributed by atoms with Gasteiger partial charge < -0.3 is 15.2 Å². The van der Waals surface area contributed by atoms with Crippen molar-refractivity contribution in [2.24, 2.45) is 23.7 Å². The summed E-state index contributed by atoms with van der Waals surface area (Å²) in [5, 5.41) is 12.7. The number of hydrogen-bond acceptors (Lipinski definition) is 4. The number of alkyl halides is 1. The van der Waals surface area contributed by atoms with E-state index >= 15 is 0 Å². The van der Waals surface area contributed by atoms with Gasteiger partial charge in [0.15, 0.2) is 0 Å². The minimum Gasteiger partial charge on any atom is -0.506 e. The second-order valence-corrected chi connectivity index (χ2v) is 7.53. The van der Waals surface area contributed by atoms with E-state index in [-0.39, 0.29) is 52.2 Å². The Labute approximate surface area is 136 Å². The number of fused-ring (bicyclic) bond motifs is 1. The first-order valence-electron chi connectivity index (χ1n) is 7.42. The number of hydrogen-bond donors (Lipinski definition) is 2. The summed E-state index contributed by atoms with van der Waals surface area (Å²) in [6.45, 7) is 1.89. The number of amides is 1. The molecule has 0 unspecified atom stereocenters. The monoisotopic (exact) mass is 365 g/mol. The van der Waals surface area contributed by atoms with Gasteiger partial charge >= 0.3 is 5.97 Å². The first-order valence-corrected chi connectivity index (χ1v) is 8.34. The minimum absolute atomic E-state index is 0.0318. The summed E-state index contributed by atoms with van der Waals surface area (Å²) in [5.41, 5.74) is 1.33. The van der Waals surface area contributed by atoms with Crippen LogP contribution >= 0.6 is 15.9 Å². The van der Waals surface area contributed by atoms with Crippen LogP contribution in [0.25, 0.3) is 0 Å². The van der Waals surface area contributed by atoms with Crippen molar-refractivity contribution in [2.45, 2.75) is 24.3 Å². The first kappa shape index (κ1) is 14.1. The fourth-order valence-electron chi connectivity index (χ4n) is 4.30. The summed E-state index contributed by atoms with van der Waals surface area (Å²) in [5.74, 6) is -0.906. The van der Waals surface area contributed by atoms with E-state index in [2.05, 4.69) is 21.2 Å². The molecule has 4 rings (SSSR count). The van der Waals surface area contributed by atoms with Crippen LogP contribution < -0.4 is 5.32 Å². The molecule has 1 aliphatic heterocycles. The van der Waals surface area contributed by atoms with E-state index in [0.29, 0.717) is 5.69 Å². The van der Waals surface area contributed by atoms with Gasteiger partial charge in [0.1, 0.15) is 11.9 Å². The number of aryl methyl sites for hydroxylation is 1. The lowest BCUT2D eigenvalue weighted by Crippen LogP contribution is -2.40. The average Bonchev–Trinajstić information content (AvgIpc) is 3.07. The van der Waals surface area contributed by atoms with Crippen LogP contribution in [0.1, 0.15) is 12.0 Å². The normalized spacial score (nSPS) is 38.2. The van der Waals surface area contributed by atoms with Gasteiger partial charge in [-0.2, -0.15) is 0 Å². The maximum atomic E-state index is 12.7. The zero-order chi connectivity index (χ0) is 15.6. The Morgan fingerprint density at radius 3 is 2.95 bits per heavy atom. The topological polar surface area (TPSA) is 75.6 Å². The Morgan fingerprint density at radius 2 is 2.18 bits per heavy atom. The third kappa shape index (κ3) is 1.82. The van der Waals surface area contributed by atoms with E-state index in [9.17, 15) is 14.7 Å². The van der Waals surface area contributed by atoms with Crippen molar-refractivity contribution in [3.8, 4) is 5.75 Å². The molecule has 1 saturated heterocycles. The van der Waals surface area contributed by atoms with Gasteiger partial charge in [0.25, 0.3) is 0 Å². The molecule has 2 bridgehead atoms. The fourth-order valence-corrected chi connectivity index (χ4v) is 5.34. The molecule has 2 saturated carbocycles. The Bertz CT molecular complexity index is 676. The number of anilines is 1. The maximum absolute atomic E-state index is 12.7. The molecule has 1 aromatic rings. The van der Waals surface area contributed by atoms with Crippen molar-refractivity contribution in [3.05, 3.63) is 23.8 Å². The maximum Gasteiger partial charge on any atom is 0.310 e. The van der Waals surface area contributed by atoms with Crippen LogP contribution in [0.3, 0.4) is 0 Å². The van der Waals surface area contributed by atoms with Crippen LogP contribution in [-0.2, 0) is 14.3 Å². The highest BCUT2D eigenvalue weighted by molar-refractivity contribution is 9.09. The zero-order valence-electron chi connectivity index (χ0n) is 12.0. The summed E-state index contributed by atoms with van der Waals surface area (Å²) in [4.78, 5) is 24.8. The molecule has 3 fully saturated rings. The molecular formula is C16H16BrNO4. The third-order valence-corrected chi connectivity index (χ3v) is 6.44. The number of benzene rings is 1. The standard InChI is InChI=1S/C16H16BrNO4/c1-6-2-3-10(19)9(4-6)18-15(20)11-7-5-8-12(11)16(21)22-14(8)13(7)17/h2-4,7-8,11-14,19H,5H2,1H3,(H,18,20)/t7-,8-,11-,12+,13-,14+/m1/s1. The smallest absolute Gasteiger partial charge is 0.310 e. The molecule has 2 N–H and O–H groups in total. The number of esters is 1. The van der Waals surface area contributed by atoms with Crippen LogP contribution in [0, 0.1) is 30.6 Å². The minimum atomic E-state index is -0.388. The van der Waals surface area contributed by atoms with Crippen LogP contribution in [-0.4, -0.2) is 27.9 Å². The first-order chi connectivity index (χ1) is 10.5. The number of ether oxygens (including phenoxy) is 1. The highest BCUT2D eigenvalue weighted by Gasteiger charge is 2.67. The third-order valence-electron chi connectivity index (χ3n) is 5.24. The fraction of sp³-hybridized carbons (Fsp3) is 0.500. The van der Waals surface area contributed by atoms with Gasteiger partial charge in [-0.25, -0.2) is 0 Å². The van der Waals surface area contributed by atoms with Crippen LogP contribution in [0.15, 0.2) is 18.2 Å². The van der Waals surface area contributed by atoms with E-state index in [1.807, 2.05) is 6.92 Å². The molecule has 2 aliphatic carbocycles. The highest BCUT2D eigenvalue weighted by Crippen LogP contribution is 2.60. The largest absolute Gasteiger partial charge is 0.506 e. The number of rotatable bonds is 2. The Kier molecular flexibility index (Phi) is 3.01. The predicted octanol–water partition coefficient (Wildman–Crippen LogP) is 2.21. The molecule has 22 heavy (non-hydrogen) atoms. The zero-order valence-corrected chi connectivity index (χ0v) is 13.5. The summed E-state index contributed by atoms with van der Waals surface area (Å²) >= 11 is 3.59. The molecule has 1 heterocycles. The molecule has 3 aliphatic rings. The van der Waals surface area contributed by atoms with E-state index in [1.165, 1.54) is 0 Å².